The third-order valence-electron chi connectivity index (χ3n) is 1.44. The SMILES string of the molecule is Nc1nnccc1CNCCO. The van der Waals surface area contributed by atoms with Crippen LogP contribution in [0, 0.1) is 0 Å². The van der Waals surface area contributed by atoms with Crippen LogP contribution in [0.1, 0.15) is 5.56 Å². The highest BCUT2D eigenvalue weighted by molar-refractivity contribution is 5.36. The molecule has 0 aliphatic rings. The molecule has 1 aromatic heterocycles. The summed E-state index contributed by atoms with van der Waals surface area (Å²) in [6.07, 6.45) is 1.59. The Labute approximate surface area is 70.6 Å². The molecule has 0 aliphatic carbocycles. The average molecular weight is 168 g/mol. The maximum absolute atomic E-state index is 8.49. The molecule has 5 heteroatoms. The van der Waals surface area contributed by atoms with Gasteiger partial charge in [-0.2, -0.15) is 5.10 Å². The third-order valence-corrected chi connectivity index (χ3v) is 1.44. The number of hydrogen-bond acceptors (Lipinski definition) is 5. The molecular formula is C7H12N4O. The number of hydrogen-bond donors (Lipinski definition) is 3. The lowest BCUT2D eigenvalue weighted by atomic mass is 10.3. The Morgan fingerprint density at radius 3 is 3.08 bits per heavy atom. The molecular weight excluding hydrogens is 156 g/mol. The maximum atomic E-state index is 8.49. The Hall–Kier alpha value is -1.20. The minimum absolute atomic E-state index is 0.123. The Morgan fingerprint density at radius 2 is 2.42 bits per heavy atom. The summed E-state index contributed by atoms with van der Waals surface area (Å²) in [5.74, 6) is 0.433. The van der Waals surface area contributed by atoms with E-state index >= 15 is 0 Å². The first-order chi connectivity index (χ1) is 5.84. The minimum atomic E-state index is 0.123. The molecule has 0 spiro atoms. The molecule has 1 rings (SSSR count). The van der Waals surface area contributed by atoms with Crippen LogP contribution in [0.15, 0.2) is 12.3 Å². The molecule has 0 atom stereocenters. The number of nitrogens with zero attached hydrogens (tertiary/aromatic N) is 2. The van der Waals surface area contributed by atoms with Gasteiger partial charge in [-0.05, 0) is 6.07 Å². The molecule has 66 valence electrons. The van der Waals surface area contributed by atoms with Gasteiger partial charge in [0.1, 0.15) is 0 Å². The molecule has 12 heavy (non-hydrogen) atoms. The average Bonchev–Trinajstić information content (AvgIpc) is 2.09. The van der Waals surface area contributed by atoms with Crippen LogP contribution in [-0.2, 0) is 6.54 Å². The summed E-state index contributed by atoms with van der Waals surface area (Å²) in [7, 11) is 0. The Morgan fingerprint density at radius 1 is 1.58 bits per heavy atom. The molecule has 0 unspecified atom stereocenters. The largest absolute Gasteiger partial charge is 0.395 e. The first-order valence-corrected chi connectivity index (χ1v) is 3.72. The molecule has 0 saturated carbocycles. The van der Waals surface area contributed by atoms with Gasteiger partial charge in [0.05, 0.1) is 12.8 Å². The van der Waals surface area contributed by atoms with Crippen LogP contribution in [-0.4, -0.2) is 28.5 Å². The smallest absolute Gasteiger partial charge is 0.150 e. The van der Waals surface area contributed by atoms with Gasteiger partial charge in [-0.3, -0.25) is 0 Å². The molecule has 1 aromatic rings. The van der Waals surface area contributed by atoms with E-state index in [1.807, 2.05) is 0 Å². The van der Waals surface area contributed by atoms with E-state index in [0.717, 1.165) is 5.56 Å². The fourth-order valence-electron chi connectivity index (χ4n) is 0.820. The summed E-state index contributed by atoms with van der Waals surface area (Å²) >= 11 is 0. The molecule has 0 aromatic carbocycles. The van der Waals surface area contributed by atoms with Gasteiger partial charge in [0.25, 0.3) is 0 Å². The molecule has 5 nitrogen and oxygen atoms in total. The van der Waals surface area contributed by atoms with Crippen LogP contribution in [0.5, 0.6) is 0 Å². The van der Waals surface area contributed by atoms with Gasteiger partial charge in [0.2, 0.25) is 0 Å². The van der Waals surface area contributed by atoms with Crippen molar-refractivity contribution >= 4 is 5.82 Å². The normalized spacial score (nSPS) is 10.1. The predicted octanol–water partition coefficient (Wildman–Crippen LogP) is -0.859. The minimum Gasteiger partial charge on any atom is -0.395 e. The van der Waals surface area contributed by atoms with Crippen molar-refractivity contribution in [2.75, 3.05) is 18.9 Å². The molecule has 0 aliphatic heterocycles. The standard InChI is InChI=1S/C7H12N4O/c8-7-6(1-2-10-11-7)5-9-3-4-12/h1-2,9,12H,3-5H2,(H2,8,11). The fraction of sp³-hybridized carbons (Fsp3) is 0.429. The topological polar surface area (TPSA) is 84.1 Å². The zero-order valence-electron chi connectivity index (χ0n) is 6.70. The van der Waals surface area contributed by atoms with Gasteiger partial charge in [-0.15, -0.1) is 5.10 Å². The van der Waals surface area contributed by atoms with Crippen molar-refractivity contribution in [3.63, 3.8) is 0 Å². The number of anilines is 1. The van der Waals surface area contributed by atoms with Crippen molar-refractivity contribution in [1.29, 1.82) is 0 Å². The Bertz CT molecular complexity index is 241. The van der Waals surface area contributed by atoms with Gasteiger partial charge in [0, 0.05) is 18.7 Å². The van der Waals surface area contributed by atoms with Crippen molar-refractivity contribution < 1.29 is 5.11 Å². The second-order valence-electron chi connectivity index (χ2n) is 2.34. The molecule has 0 saturated heterocycles. The highest BCUT2D eigenvalue weighted by Gasteiger charge is 1.97. The Balaban J connectivity index is 2.46. The second kappa shape index (κ2) is 4.63. The molecule has 4 N–H and O–H groups in total. The van der Waals surface area contributed by atoms with Crippen LogP contribution in [0.4, 0.5) is 5.82 Å². The van der Waals surface area contributed by atoms with Crippen molar-refractivity contribution in [2.24, 2.45) is 0 Å². The van der Waals surface area contributed by atoms with Gasteiger partial charge < -0.3 is 16.2 Å². The number of aromatic nitrogens is 2. The number of aliphatic hydroxyl groups excluding tert-OH is 1. The van der Waals surface area contributed by atoms with Crippen molar-refractivity contribution in [2.45, 2.75) is 6.54 Å². The van der Waals surface area contributed by atoms with Crippen molar-refractivity contribution in [1.82, 2.24) is 15.5 Å². The van der Waals surface area contributed by atoms with Crippen LogP contribution >= 0.6 is 0 Å². The van der Waals surface area contributed by atoms with Crippen LogP contribution < -0.4 is 11.1 Å². The maximum Gasteiger partial charge on any atom is 0.150 e. The number of nitrogens with two attached hydrogens (primary N) is 1. The van der Waals surface area contributed by atoms with Gasteiger partial charge in [-0.25, -0.2) is 0 Å². The van der Waals surface area contributed by atoms with E-state index in [1.54, 1.807) is 12.3 Å². The summed E-state index contributed by atoms with van der Waals surface area (Å²) in [6, 6.07) is 1.80. The highest BCUT2D eigenvalue weighted by Crippen LogP contribution is 2.03. The zero-order chi connectivity index (χ0) is 8.81. The predicted molar refractivity (Wildman–Crippen MR) is 45.2 cm³/mol. The lowest BCUT2D eigenvalue weighted by Gasteiger charge is -2.03. The van der Waals surface area contributed by atoms with Gasteiger partial charge in [0.15, 0.2) is 5.82 Å². The van der Waals surface area contributed by atoms with Gasteiger partial charge >= 0.3 is 0 Å². The van der Waals surface area contributed by atoms with E-state index in [0.29, 0.717) is 18.9 Å². The Kier molecular flexibility index (Phi) is 3.43. The zero-order valence-corrected chi connectivity index (χ0v) is 6.70. The monoisotopic (exact) mass is 168 g/mol. The van der Waals surface area contributed by atoms with E-state index < -0.39 is 0 Å². The molecule has 0 bridgehead atoms. The van der Waals surface area contributed by atoms with Gasteiger partial charge in [-0.1, -0.05) is 0 Å². The summed E-state index contributed by atoms with van der Waals surface area (Å²) in [6.45, 7) is 1.29. The third kappa shape index (κ3) is 2.44. The molecule has 0 fully saturated rings. The van der Waals surface area contributed by atoms with E-state index in [9.17, 15) is 0 Å². The summed E-state index contributed by atoms with van der Waals surface area (Å²) < 4.78 is 0. The fourth-order valence-corrected chi connectivity index (χ4v) is 0.820. The summed E-state index contributed by atoms with van der Waals surface area (Å²) in [4.78, 5) is 0. The summed E-state index contributed by atoms with van der Waals surface area (Å²) in [5, 5.41) is 18.8. The van der Waals surface area contributed by atoms with Crippen LogP contribution in [0.3, 0.4) is 0 Å². The van der Waals surface area contributed by atoms with Crippen molar-refractivity contribution in [3.8, 4) is 0 Å². The lowest BCUT2D eigenvalue weighted by molar-refractivity contribution is 0.292. The quantitative estimate of drug-likeness (QED) is 0.509. The van der Waals surface area contributed by atoms with Crippen LogP contribution in [0.25, 0.3) is 0 Å². The first-order valence-electron chi connectivity index (χ1n) is 3.72. The lowest BCUT2D eigenvalue weighted by Crippen LogP contribution is -2.18. The van der Waals surface area contributed by atoms with Crippen molar-refractivity contribution in [3.05, 3.63) is 17.8 Å². The molecule has 1 heterocycles. The van der Waals surface area contributed by atoms with E-state index in [-0.39, 0.29) is 6.61 Å². The highest BCUT2D eigenvalue weighted by atomic mass is 16.3. The number of nitrogens with one attached hydrogen (secondary N) is 1. The second-order valence-corrected chi connectivity index (χ2v) is 2.34. The number of aliphatic hydroxyl groups is 1. The first kappa shape index (κ1) is 8.89. The number of nitrogen functional groups attached to an aromatic ring is 1. The van der Waals surface area contributed by atoms with E-state index in [1.165, 1.54) is 0 Å². The molecule has 0 amide bonds. The molecule has 0 radical (unpaired) electrons. The van der Waals surface area contributed by atoms with Crippen LogP contribution in [0.2, 0.25) is 0 Å². The van der Waals surface area contributed by atoms with E-state index in [2.05, 4.69) is 15.5 Å². The number of rotatable bonds is 4. The van der Waals surface area contributed by atoms with E-state index in [4.69, 9.17) is 10.8 Å². The summed E-state index contributed by atoms with van der Waals surface area (Å²) in [5.41, 5.74) is 6.43.